The van der Waals surface area contributed by atoms with E-state index in [-0.39, 0.29) is 0 Å². The summed E-state index contributed by atoms with van der Waals surface area (Å²) in [4.78, 5) is 4.65. The third-order valence-corrected chi connectivity index (χ3v) is 4.40. The molecule has 0 saturated heterocycles. The molecule has 5 heteroatoms. The highest BCUT2D eigenvalue weighted by Gasteiger charge is 2.12. The van der Waals surface area contributed by atoms with E-state index in [2.05, 4.69) is 11.1 Å². The van der Waals surface area contributed by atoms with Gasteiger partial charge >= 0.3 is 0 Å². The van der Waals surface area contributed by atoms with E-state index in [1.807, 2.05) is 42.5 Å². The second kappa shape index (κ2) is 7.77. The molecule has 1 heterocycles. The Morgan fingerprint density at radius 3 is 2.48 bits per heavy atom. The molecule has 1 aliphatic rings. The van der Waals surface area contributed by atoms with Gasteiger partial charge in [0.2, 0.25) is 0 Å². The first kappa shape index (κ1) is 17.6. The normalized spacial score (nSPS) is 13.8. The van der Waals surface area contributed by atoms with Crippen LogP contribution in [0.1, 0.15) is 17.5 Å². The molecule has 0 fully saturated rings. The Labute approximate surface area is 157 Å². The number of hydrogen-bond donors (Lipinski definition) is 0. The third kappa shape index (κ3) is 4.06. The van der Waals surface area contributed by atoms with E-state index in [1.165, 1.54) is 0 Å². The van der Waals surface area contributed by atoms with Crippen molar-refractivity contribution in [2.24, 2.45) is 4.99 Å². The molecule has 0 spiro atoms. The van der Waals surface area contributed by atoms with Gasteiger partial charge in [-0.3, -0.25) is 4.99 Å². The van der Waals surface area contributed by atoms with Crippen molar-refractivity contribution >= 4 is 40.7 Å². The summed E-state index contributed by atoms with van der Waals surface area (Å²) in [7, 11) is 3.24. The number of ether oxygens (including phenoxy) is 2. The van der Waals surface area contributed by atoms with E-state index >= 15 is 0 Å². The fraction of sp³-hybridized carbons (Fsp3) is 0.150. The molecule has 0 bridgehead atoms. The van der Waals surface area contributed by atoms with Gasteiger partial charge in [0.25, 0.3) is 0 Å². The lowest BCUT2D eigenvalue weighted by atomic mass is 10.1. The summed E-state index contributed by atoms with van der Waals surface area (Å²) >= 11 is 12.2. The topological polar surface area (TPSA) is 30.8 Å². The lowest BCUT2D eigenvalue weighted by Gasteiger charge is -2.07. The van der Waals surface area contributed by atoms with E-state index in [9.17, 15) is 0 Å². The average Bonchev–Trinajstić information content (AvgIpc) is 3.08. The van der Waals surface area contributed by atoms with Crippen LogP contribution in [0.3, 0.4) is 0 Å². The van der Waals surface area contributed by atoms with Gasteiger partial charge in [-0.25, -0.2) is 0 Å². The lowest BCUT2D eigenvalue weighted by Crippen LogP contribution is -1.91. The van der Waals surface area contributed by atoms with E-state index in [0.29, 0.717) is 21.5 Å². The third-order valence-electron chi connectivity index (χ3n) is 3.85. The SMILES string of the molecule is COc1ccc(/C=C/C2=NC(c3ccc(Cl)cc3Cl)=CC2)cc1OC. The van der Waals surface area contributed by atoms with Crippen molar-refractivity contribution in [2.75, 3.05) is 14.2 Å². The highest BCUT2D eigenvalue weighted by Crippen LogP contribution is 2.31. The number of benzene rings is 2. The minimum absolute atomic E-state index is 0.604. The summed E-state index contributed by atoms with van der Waals surface area (Å²) in [5.41, 5.74) is 3.74. The van der Waals surface area contributed by atoms with Gasteiger partial charge in [-0.15, -0.1) is 0 Å². The van der Waals surface area contributed by atoms with E-state index in [0.717, 1.165) is 29.0 Å². The van der Waals surface area contributed by atoms with E-state index in [4.69, 9.17) is 32.7 Å². The number of halogens is 2. The zero-order valence-electron chi connectivity index (χ0n) is 13.9. The van der Waals surface area contributed by atoms with E-state index < -0.39 is 0 Å². The zero-order valence-corrected chi connectivity index (χ0v) is 15.4. The van der Waals surface area contributed by atoms with Crippen LogP contribution in [0.15, 0.2) is 53.5 Å². The van der Waals surface area contributed by atoms with Crippen LogP contribution in [0.4, 0.5) is 0 Å². The number of methoxy groups -OCH3 is 2. The molecule has 0 saturated carbocycles. The van der Waals surface area contributed by atoms with Gasteiger partial charge < -0.3 is 9.47 Å². The zero-order chi connectivity index (χ0) is 17.8. The molecular formula is C20H17Cl2NO2. The van der Waals surface area contributed by atoms with Crippen molar-refractivity contribution in [3.05, 3.63) is 69.7 Å². The fourth-order valence-corrected chi connectivity index (χ4v) is 3.07. The van der Waals surface area contributed by atoms with Gasteiger partial charge in [0.05, 0.1) is 24.9 Å². The molecule has 0 aromatic heterocycles. The largest absolute Gasteiger partial charge is 0.493 e. The van der Waals surface area contributed by atoms with Crippen LogP contribution < -0.4 is 9.47 Å². The highest BCUT2D eigenvalue weighted by molar-refractivity contribution is 6.35. The lowest BCUT2D eigenvalue weighted by molar-refractivity contribution is 0.355. The van der Waals surface area contributed by atoms with Gasteiger partial charge in [0.15, 0.2) is 11.5 Å². The Morgan fingerprint density at radius 1 is 0.960 bits per heavy atom. The van der Waals surface area contributed by atoms with Gasteiger partial charge in [-0.2, -0.15) is 0 Å². The van der Waals surface area contributed by atoms with Crippen molar-refractivity contribution in [2.45, 2.75) is 6.42 Å². The number of hydrogen-bond acceptors (Lipinski definition) is 3. The van der Waals surface area contributed by atoms with Crippen molar-refractivity contribution < 1.29 is 9.47 Å². The maximum absolute atomic E-state index is 6.25. The van der Waals surface area contributed by atoms with Gasteiger partial charge in [0, 0.05) is 22.7 Å². The first-order valence-electron chi connectivity index (χ1n) is 7.74. The maximum atomic E-state index is 6.25. The van der Waals surface area contributed by atoms with Crippen molar-refractivity contribution in [3.8, 4) is 11.5 Å². The number of allylic oxidation sites excluding steroid dienone is 2. The molecule has 2 aromatic rings. The molecule has 25 heavy (non-hydrogen) atoms. The summed E-state index contributed by atoms with van der Waals surface area (Å²) < 4.78 is 10.6. The van der Waals surface area contributed by atoms with Gasteiger partial charge in [0.1, 0.15) is 0 Å². The molecule has 3 nitrogen and oxygen atoms in total. The monoisotopic (exact) mass is 373 g/mol. The molecule has 0 radical (unpaired) electrons. The summed E-state index contributed by atoms with van der Waals surface area (Å²) in [6, 6.07) is 11.2. The molecule has 0 atom stereocenters. The van der Waals surface area contributed by atoms with Crippen LogP contribution in [0.5, 0.6) is 11.5 Å². The average molecular weight is 374 g/mol. The molecule has 0 unspecified atom stereocenters. The van der Waals surface area contributed by atoms with Crippen molar-refractivity contribution in [3.63, 3.8) is 0 Å². The Morgan fingerprint density at radius 2 is 1.76 bits per heavy atom. The molecular weight excluding hydrogens is 357 g/mol. The van der Waals surface area contributed by atoms with Gasteiger partial charge in [-0.05, 0) is 42.0 Å². The van der Waals surface area contributed by atoms with E-state index in [1.54, 1.807) is 20.3 Å². The van der Waals surface area contributed by atoms with Crippen LogP contribution in [0.2, 0.25) is 10.0 Å². The number of nitrogens with zero attached hydrogens (tertiary/aromatic N) is 1. The summed E-state index contributed by atoms with van der Waals surface area (Å²) in [5, 5.41) is 1.22. The molecule has 1 aliphatic heterocycles. The fourth-order valence-electron chi connectivity index (χ4n) is 2.57. The van der Waals surface area contributed by atoms with Crippen LogP contribution >= 0.6 is 23.2 Å². The second-order valence-corrected chi connectivity index (χ2v) is 6.31. The molecule has 2 aromatic carbocycles. The van der Waals surface area contributed by atoms with Crippen LogP contribution in [0, 0.1) is 0 Å². The predicted molar refractivity (Wildman–Crippen MR) is 105 cm³/mol. The van der Waals surface area contributed by atoms with Crippen LogP contribution in [-0.2, 0) is 0 Å². The second-order valence-electron chi connectivity index (χ2n) is 5.47. The summed E-state index contributed by atoms with van der Waals surface area (Å²) in [5.74, 6) is 1.41. The molecule has 0 aliphatic carbocycles. The Kier molecular flexibility index (Phi) is 5.47. The smallest absolute Gasteiger partial charge is 0.161 e. The summed E-state index contributed by atoms with van der Waals surface area (Å²) in [6.45, 7) is 0. The number of rotatable bonds is 5. The first-order chi connectivity index (χ1) is 12.1. The summed E-state index contributed by atoms with van der Waals surface area (Å²) in [6.07, 6.45) is 6.82. The van der Waals surface area contributed by atoms with Crippen molar-refractivity contribution in [1.29, 1.82) is 0 Å². The molecule has 128 valence electrons. The standard InChI is InChI=1S/C20H17Cl2NO2/c1-24-19-10-4-13(11-20(19)25-2)3-6-15-7-9-18(23-15)16-8-5-14(21)12-17(16)22/h3-6,8-12H,7H2,1-2H3/b6-3+. The first-order valence-corrected chi connectivity index (χ1v) is 8.49. The number of aliphatic imine (C=N–C) groups is 1. The quantitative estimate of drug-likeness (QED) is 0.651. The maximum Gasteiger partial charge on any atom is 0.161 e. The van der Waals surface area contributed by atoms with Crippen LogP contribution in [-0.4, -0.2) is 19.9 Å². The van der Waals surface area contributed by atoms with Crippen molar-refractivity contribution in [1.82, 2.24) is 0 Å². The molecule has 0 N–H and O–H groups in total. The minimum Gasteiger partial charge on any atom is -0.493 e. The minimum atomic E-state index is 0.604. The molecule has 3 rings (SSSR count). The van der Waals surface area contributed by atoms with Crippen LogP contribution in [0.25, 0.3) is 11.8 Å². The Hall–Kier alpha value is -2.23. The Bertz CT molecular complexity index is 885. The predicted octanol–water partition coefficient (Wildman–Crippen LogP) is 5.91. The highest BCUT2D eigenvalue weighted by atomic mass is 35.5. The Balaban J connectivity index is 1.77. The molecule has 0 amide bonds. The van der Waals surface area contributed by atoms with Gasteiger partial charge in [-0.1, -0.05) is 41.4 Å².